The molecule has 7 nitrogen and oxygen atoms in total. The fraction of sp³-hybridized carbons (Fsp3) is 0.185. The maximum Gasteiger partial charge on any atom is 0.338 e. The molecule has 0 radical (unpaired) electrons. The number of amides is 2. The van der Waals surface area contributed by atoms with Crippen molar-refractivity contribution in [3.63, 3.8) is 0 Å². The first-order chi connectivity index (χ1) is 17.0. The lowest BCUT2D eigenvalue weighted by atomic mass is 10.1. The van der Waals surface area contributed by atoms with Crippen molar-refractivity contribution in [1.82, 2.24) is 9.88 Å². The topological polar surface area (TPSA) is 80.6 Å². The molecular formula is C27H24ClN3O4S. The van der Waals surface area contributed by atoms with Crippen LogP contribution in [0.3, 0.4) is 0 Å². The monoisotopic (exact) mass is 521 g/mol. The summed E-state index contributed by atoms with van der Waals surface area (Å²) in [5.41, 5.74) is 5.63. The summed E-state index contributed by atoms with van der Waals surface area (Å²) in [5.74, 6) is -1.54. The van der Waals surface area contributed by atoms with Crippen LogP contribution in [-0.2, 0) is 14.3 Å². The van der Waals surface area contributed by atoms with E-state index in [1.54, 1.807) is 36.4 Å². The van der Waals surface area contributed by atoms with Gasteiger partial charge in [0.25, 0.3) is 11.8 Å². The molecule has 1 aromatic heterocycles. The van der Waals surface area contributed by atoms with Crippen LogP contribution in [0.4, 0.5) is 5.69 Å². The Morgan fingerprint density at radius 2 is 1.81 bits per heavy atom. The van der Waals surface area contributed by atoms with E-state index in [1.807, 2.05) is 44.4 Å². The molecule has 184 valence electrons. The predicted octanol–water partition coefficient (Wildman–Crippen LogP) is 4.98. The second kappa shape index (κ2) is 9.72. The first-order valence-corrected chi connectivity index (χ1v) is 11.9. The maximum atomic E-state index is 13.4. The van der Waals surface area contributed by atoms with Gasteiger partial charge in [-0.2, -0.15) is 0 Å². The number of nitrogens with zero attached hydrogens (tertiary/aromatic N) is 2. The molecule has 1 aliphatic heterocycles. The molecule has 9 heteroatoms. The van der Waals surface area contributed by atoms with E-state index in [9.17, 15) is 14.4 Å². The fourth-order valence-corrected chi connectivity index (χ4v) is 4.73. The molecule has 3 aromatic rings. The minimum absolute atomic E-state index is 0.0113. The molecule has 1 saturated heterocycles. The molecule has 0 aliphatic carbocycles. The van der Waals surface area contributed by atoms with Gasteiger partial charge in [-0.15, -0.1) is 0 Å². The van der Waals surface area contributed by atoms with Crippen LogP contribution in [0.15, 0.2) is 48.0 Å². The average Bonchev–Trinajstić information content (AvgIpc) is 3.11. The highest BCUT2D eigenvalue weighted by molar-refractivity contribution is 7.80. The number of methoxy groups -OCH3 is 1. The van der Waals surface area contributed by atoms with Crippen LogP contribution in [-0.4, -0.2) is 34.6 Å². The summed E-state index contributed by atoms with van der Waals surface area (Å²) in [6.07, 6.45) is 1.56. The van der Waals surface area contributed by atoms with Crippen LogP contribution in [0.5, 0.6) is 0 Å². The first kappa shape index (κ1) is 25.3. The normalized spacial score (nSPS) is 14.9. The van der Waals surface area contributed by atoms with Crippen LogP contribution in [0.1, 0.15) is 38.4 Å². The minimum atomic E-state index is -0.576. The Morgan fingerprint density at radius 1 is 1.08 bits per heavy atom. The number of hydrogen-bond donors (Lipinski definition) is 1. The zero-order valence-corrected chi connectivity index (χ0v) is 22.0. The second-order valence-corrected chi connectivity index (χ2v) is 9.29. The van der Waals surface area contributed by atoms with Gasteiger partial charge in [0.05, 0.1) is 18.4 Å². The van der Waals surface area contributed by atoms with E-state index < -0.39 is 17.8 Å². The lowest BCUT2D eigenvalue weighted by Crippen LogP contribution is -2.54. The number of ether oxygens (including phenoxy) is 1. The number of thiocarbonyl (C=S) groups is 1. The molecule has 2 amide bonds. The molecule has 4 rings (SSSR count). The Hall–Kier alpha value is -3.75. The zero-order chi connectivity index (χ0) is 26.3. The number of nitrogens with one attached hydrogen (secondary N) is 1. The van der Waals surface area contributed by atoms with E-state index in [1.165, 1.54) is 12.0 Å². The van der Waals surface area contributed by atoms with E-state index in [0.717, 1.165) is 28.2 Å². The van der Waals surface area contributed by atoms with Gasteiger partial charge in [-0.05, 0) is 93.0 Å². The summed E-state index contributed by atoms with van der Waals surface area (Å²) < 4.78 is 6.88. The largest absolute Gasteiger partial charge is 0.465 e. The second-order valence-electron chi connectivity index (χ2n) is 8.49. The third-order valence-corrected chi connectivity index (χ3v) is 6.93. The van der Waals surface area contributed by atoms with Gasteiger partial charge in [0.15, 0.2) is 5.11 Å². The Labute approximate surface area is 219 Å². The number of benzene rings is 2. The molecule has 0 spiro atoms. The minimum Gasteiger partial charge on any atom is -0.465 e. The maximum absolute atomic E-state index is 13.4. The highest BCUT2D eigenvalue weighted by Gasteiger charge is 2.35. The van der Waals surface area contributed by atoms with E-state index in [-0.39, 0.29) is 10.7 Å². The highest BCUT2D eigenvalue weighted by atomic mass is 35.5. The molecule has 2 aromatic carbocycles. The highest BCUT2D eigenvalue weighted by Crippen LogP contribution is 2.29. The van der Waals surface area contributed by atoms with Gasteiger partial charge < -0.3 is 9.30 Å². The number of hydrogen-bond acceptors (Lipinski definition) is 5. The Balaban J connectivity index is 1.79. The molecule has 2 heterocycles. The molecule has 0 unspecified atom stereocenters. The fourth-order valence-electron chi connectivity index (χ4n) is 4.27. The van der Waals surface area contributed by atoms with Crippen molar-refractivity contribution in [1.29, 1.82) is 0 Å². The summed E-state index contributed by atoms with van der Waals surface area (Å²) in [7, 11) is 1.34. The van der Waals surface area contributed by atoms with Crippen molar-refractivity contribution < 1.29 is 19.1 Å². The third-order valence-electron chi connectivity index (χ3n) is 6.24. The van der Waals surface area contributed by atoms with Crippen molar-refractivity contribution in [2.75, 3.05) is 12.0 Å². The number of anilines is 1. The van der Waals surface area contributed by atoms with Gasteiger partial charge in [-0.3, -0.25) is 19.8 Å². The summed E-state index contributed by atoms with van der Waals surface area (Å²) in [6.45, 7) is 7.50. The Kier molecular flexibility index (Phi) is 6.84. The molecule has 0 bridgehead atoms. The number of aryl methyl sites for hydroxylation is 2. The van der Waals surface area contributed by atoms with Crippen LogP contribution < -0.4 is 10.2 Å². The predicted molar refractivity (Wildman–Crippen MR) is 144 cm³/mol. The Morgan fingerprint density at radius 3 is 2.47 bits per heavy atom. The van der Waals surface area contributed by atoms with E-state index in [4.69, 9.17) is 28.6 Å². The van der Waals surface area contributed by atoms with Crippen LogP contribution in [0.25, 0.3) is 11.8 Å². The van der Waals surface area contributed by atoms with Crippen LogP contribution in [0.2, 0.25) is 5.02 Å². The first-order valence-electron chi connectivity index (χ1n) is 11.1. The molecule has 0 saturated carbocycles. The number of aromatic nitrogens is 1. The number of esters is 1. The molecule has 1 aliphatic rings. The van der Waals surface area contributed by atoms with Crippen LogP contribution in [0, 0.1) is 27.7 Å². The van der Waals surface area contributed by atoms with E-state index in [0.29, 0.717) is 21.8 Å². The third kappa shape index (κ3) is 4.34. The Bertz CT molecular complexity index is 1490. The van der Waals surface area contributed by atoms with Gasteiger partial charge in [-0.25, -0.2) is 4.79 Å². The number of carbonyl (C=O) groups is 3. The summed E-state index contributed by atoms with van der Waals surface area (Å²) in [6, 6.07) is 12.4. The summed E-state index contributed by atoms with van der Waals surface area (Å²) in [4.78, 5) is 39.7. The SMILES string of the molecule is COC(=O)c1cccc(-n2c(C)cc(/C=C3\C(=O)NC(=S)N(c4ccc(C)c(Cl)c4)C3=O)c2C)c1C. The van der Waals surface area contributed by atoms with Gasteiger partial charge in [0.1, 0.15) is 5.57 Å². The van der Waals surface area contributed by atoms with Gasteiger partial charge in [0, 0.05) is 22.1 Å². The van der Waals surface area contributed by atoms with Crippen molar-refractivity contribution >= 4 is 58.5 Å². The number of halogens is 1. The van der Waals surface area contributed by atoms with Crippen LogP contribution >= 0.6 is 23.8 Å². The molecule has 36 heavy (non-hydrogen) atoms. The van der Waals surface area contributed by atoms with Gasteiger partial charge in [0.2, 0.25) is 0 Å². The average molecular weight is 522 g/mol. The lowest BCUT2D eigenvalue weighted by molar-refractivity contribution is -0.122. The number of carbonyl (C=O) groups excluding carboxylic acids is 3. The standard InChI is InChI=1S/C27H24ClN3O4S/c1-14-9-10-19(13-22(14)28)31-25(33)21(24(32)29-27(31)36)12-18-11-15(2)30(17(18)4)23-8-6-7-20(16(23)3)26(34)35-5/h6-13H,1-5H3,(H,29,32,36)/b21-12+. The number of rotatable bonds is 4. The quantitative estimate of drug-likeness (QED) is 0.227. The molecule has 0 atom stereocenters. The summed E-state index contributed by atoms with van der Waals surface area (Å²) in [5, 5.41) is 3.07. The van der Waals surface area contributed by atoms with Crippen molar-refractivity contribution in [2.45, 2.75) is 27.7 Å². The van der Waals surface area contributed by atoms with Gasteiger partial charge >= 0.3 is 5.97 Å². The van der Waals surface area contributed by atoms with Crippen molar-refractivity contribution in [3.8, 4) is 5.69 Å². The van der Waals surface area contributed by atoms with E-state index >= 15 is 0 Å². The zero-order valence-electron chi connectivity index (χ0n) is 20.4. The van der Waals surface area contributed by atoms with Crippen molar-refractivity contribution in [2.24, 2.45) is 0 Å². The molecular weight excluding hydrogens is 498 g/mol. The van der Waals surface area contributed by atoms with Gasteiger partial charge in [-0.1, -0.05) is 23.7 Å². The summed E-state index contributed by atoms with van der Waals surface area (Å²) >= 11 is 11.6. The van der Waals surface area contributed by atoms with E-state index in [2.05, 4.69) is 5.32 Å². The van der Waals surface area contributed by atoms with Crippen molar-refractivity contribution in [3.05, 3.63) is 86.7 Å². The smallest absolute Gasteiger partial charge is 0.338 e. The lowest BCUT2D eigenvalue weighted by Gasteiger charge is -2.29. The molecule has 1 fully saturated rings. The molecule has 1 N–H and O–H groups in total.